The van der Waals surface area contributed by atoms with Gasteiger partial charge in [-0.15, -0.1) is 0 Å². The maximum atomic E-state index is 13.0. The molecule has 1 N–H and O–H groups in total. The topological polar surface area (TPSA) is 49.4 Å². The molecule has 0 bridgehead atoms. The van der Waals surface area contributed by atoms with E-state index in [0.717, 1.165) is 16.7 Å². The molecule has 0 saturated heterocycles. The Labute approximate surface area is 166 Å². The van der Waals surface area contributed by atoms with Crippen molar-refractivity contribution in [1.29, 1.82) is 0 Å². The summed E-state index contributed by atoms with van der Waals surface area (Å²) in [6.45, 7) is 6.60. The Balaban J connectivity index is 2.15. The summed E-state index contributed by atoms with van der Waals surface area (Å²) in [4.78, 5) is 27.0. The van der Waals surface area contributed by atoms with Gasteiger partial charge in [-0.25, -0.2) is 0 Å². The molecule has 2 aromatic carbocycles. The summed E-state index contributed by atoms with van der Waals surface area (Å²) in [5.74, 6) is -0.202. The first-order valence-corrected chi connectivity index (χ1v) is 9.66. The molecule has 0 unspecified atom stereocenters. The first-order valence-electron chi connectivity index (χ1n) is 9.28. The summed E-state index contributed by atoms with van der Waals surface area (Å²) in [7, 11) is 0. The van der Waals surface area contributed by atoms with Gasteiger partial charge in [-0.05, 0) is 44.4 Å². The number of aryl methyl sites for hydroxylation is 2. The molecule has 5 heteroatoms. The maximum absolute atomic E-state index is 13.0. The van der Waals surface area contributed by atoms with Crippen LogP contribution in [0.5, 0.6) is 0 Å². The van der Waals surface area contributed by atoms with Gasteiger partial charge in [0.1, 0.15) is 6.04 Å². The molecule has 0 aromatic heterocycles. The summed E-state index contributed by atoms with van der Waals surface area (Å²) in [6, 6.07) is 15.0. The summed E-state index contributed by atoms with van der Waals surface area (Å²) >= 11 is 6.20. The van der Waals surface area contributed by atoms with Crippen molar-refractivity contribution in [2.45, 2.75) is 46.2 Å². The molecule has 0 aliphatic carbocycles. The second-order valence-electron chi connectivity index (χ2n) is 6.67. The molecule has 0 aliphatic heterocycles. The van der Waals surface area contributed by atoms with E-state index in [2.05, 4.69) is 5.32 Å². The van der Waals surface area contributed by atoms with Gasteiger partial charge in [0, 0.05) is 24.5 Å². The number of hydrogen-bond acceptors (Lipinski definition) is 2. The fraction of sp³-hybridized carbons (Fsp3) is 0.364. The van der Waals surface area contributed by atoms with Crippen LogP contribution in [0.1, 0.15) is 37.0 Å². The molecule has 144 valence electrons. The first-order chi connectivity index (χ1) is 12.9. The summed E-state index contributed by atoms with van der Waals surface area (Å²) in [5.41, 5.74) is 3.08. The van der Waals surface area contributed by atoms with Gasteiger partial charge in [0.15, 0.2) is 0 Å². The Kier molecular flexibility index (Phi) is 7.86. The molecule has 4 nitrogen and oxygen atoms in total. The monoisotopic (exact) mass is 386 g/mol. The van der Waals surface area contributed by atoms with Gasteiger partial charge in [0.25, 0.3) is 0 Å². The molecule has 27 heavy (non-hydrogen) atoms. The minimum atomic E-state index is -0.538. The van der Waals surface area contributed by atoms with Gasteiger partial charge < -0.3 is 10.2 Å². The van der Waals surface area contributed by atoms with Crippen LogP contribution in [0.4, 0.5) is 0 Å². The van der Waals surface area contributed by atoms with Crippen molar-refractivity contribution in [1.82, 2.24) is 10.2 Å². The van der Waals surface area contributed by atoms with Crippen LogP contribution in [0.25, 0.3) is 0 Å². The summed E-state index contributed by atoms with van der Waals surface area (Å²) < 4.78 is 0. The van der Waals surface area contributed by atoms with E-state index in [1.807, 2.05) is 62.4 Å². The largest absolute Gasteiger partial charge is 0.355 e. The number of nitrogens with one attached hydrogen (secondary N) is 1. The molecule has 0 saturated carbocycles. The summed E-state index contributed by atoms with van der Waals surface area (Å²) in [6.07, 6.45) is 0.851. The number of halogens is 1. The molecule has 2 aromatic rings. The third kappa shape index (κ3) is 6.10. The molecule has 0 heterocycles. The van der Waals surface area contributed by atoms with Crippen molar-refractivity contribution in [2.75, 3.05) is 6.54 Å². The van der Waals surface area contributed by atoms with Gasteiger partial charge in [0.2, 0.25) is 11.8 Å². The van der Waals surface area contributed by atoms with Crippen LogP contribution in [0, 0.1) is 6.92 Å². The maximum Gasteiger partial charge on any atom is 0.242 e. The first kappa shape index (κ1) is 21.0. The zero-order valence-corrected chi connectivity index (χ0v) is 16.9. The molecule has 0 aliphatic rings. The number of benzene rings is 2. The lowest BCUT2D eigenvalue weighted by atomic mass is 10.1. The molecule has 0 fully saturated rings. The van der Waals surface area contributed by atoms with Gasteiger partial charge in [-0.2, -0.15) is 0 Å². The predicted molar refractivity (Wildman–Crippen MR) is 110 cm³/mol. The SMILES string of the molecule is CCNC(=O)[C@H](C)N(Cc1cccc(C)c1)C(=O)CCc1ccccc1Cl. The third-order valence-corrected chi connectivity index (χ3v) is 4.89. The van der Waals surface area contributed by atoms with Gasteiger partial charge >= 0.3 is 0 Å². The Morgan fingerprint density at radius 3 is 2.56 bits per heavy atom. The lowest BCUT2D eigenvalue weighted by Crippen LogP contribution is -2.47. The van der Waals surface area contributed by atoms with E-state index in [0.29, 0.717) is 31.0 Å². The molecular weight excluding hydrogens is 360 g/mol. The second kappa shape index (κ2) is 10.1. The van der Waals surface area contributed by atoms with E-state index in [-0.39, 0.29) is 11.8 Å². The van der Waals surface area contributed by atoms with Crippen molar-refractivity contribution in [3.63, 3.8) is 0 Å². The van der Waals surface area contributed by atoms with Gasteiger partial charge in [0.05, 0.1) is 0 Å². The predicted octanol–water partition coefficient (Wildman–Crippen LogP) is 4.13. The number of carbonyl (C=O) groups is 2. The highest BCUT2D eigenvalue weighted by Crippen LogP contribution is 2.18. The molecular formula is C22H27ClN2O2. The van der Waals surface area contributed by atoms with E-state index in [9.17, 15) is 9.59 Å². The van der Waals surface area contributed by atoms with Crippen molar-refractivity contribution in [3.8, 4) is 0 Å². The van der Waals surface area contributed by atoms with Gasteiger partial charge in [-0.3, -0.25) is 9.59 Å². The second-order valence-corrected chi connectivity index (χ2v) is 7.08. The molecule has 0 radical (unpaired) electrons. The highest BCUT2D eigenvalue weighted by Gasteiger charge is 2.25. The quantitative estimate of drug-likeness (QED) is 0.741. The van der Waals surface area contributed by atoms with Crippen LogP contribution in [-0.4, -0.2) is 29.3 Å². The van der Waals surface area contributed by atoms with Crippen LogP contribution in [0.15, 0.2) is 48.5 Å². The lowest BCUT2D eigenvalue weighted by Gasteiger charge is -2.29. The van der Waals surface area contributed by atoms with Crippen molar-refractivity contribution in [3.05, 3.63) is 70.2 Å². The van der Waals surface area contributed by atoms with E-state index in [4.69, 9.17) is 11.6 Å². The molecule has 2 amide bonds. The Morgan fingerprint density at radius 1 is 1.15 bits per heavy atom. The zero-order valence-electron chi connectivity index (χ0n) is 16.2. The standard InChI is InChI=1S/C22H27ClN2O2/c1-4-24-22(27)17(3)25(15-18-9-7-8-16(2)14-18)21(26)13-12-19-10-5-6-11-20(19)23/h5-11,14,17H,4,12-13,15H2,1-3H3,(H,24,27)/t17-/m0/s1. The Hall–Kier alpha value is -2.33. The minimum Gasteiger partial charge on any atom is -0.355 e. The molecule has 1 atom stereocenters. The van der Waals surface area contributed by atoms with E-state index >= 15 is 0 Å². The highest BCUT2D eigenvalue weighted by atomic mass is 35.5. The van der Waals surface area contributed by atoms with E-state index < -0.39 is 6.04 Å². The Morgan fingerprint density at radius 2 is 1.89 bits per heavy atom. The van der Waals surface area contributed by atoms with Crippen LogP contribution in [-0.2, 0) is 22.6 Å². The number of hydrogen-bond donors (Lipinski definition) is 1. The lowest BCUT2D eigenvalue weighted by molar-refractivity contribution is -0.140. The summed E-state index contributed by atoms with van der Waals surface area (Å²) in [5, 5.41) is 3.47. The van der Waals surface area contributed by atoms with Crippen LogP contribution < -0.4 is 5.32 Å². The van der Waals surface area contributed by atoms with Gasteiger partial charge in [-0.1, -0.05) is 59.6 Å². The average molecular weight is 387 g/mol. The smallest absolute Gasteiger partial charge is 0.242 e. The fourth-order valence-electron chi connectivity index (χ4n) is 3.00. The number of nitrogens with zero attached hydrogens (tertiary/aromatic N) is 1. The number of amides is 2. The number of rotatable bonds is 8. The molecule has 0 spiro atoms. The van der Waals surface area contributed by atoms with Crippen LogP contribution in [0.3, 0.4) is 0 Å². The average Bonchev–Trinajstić information content (AvgIpc) is 2.65. The van der Waals surface area contributed by atoms with Crippen molar-refractivity contribution in [2.24, 2.45) is 0 Å². The number of likely N-dealkylation sites (N-methyl/N-ethyl adjacent to an activating group) is 1. The fourth-order valence-corrected chi connectivity index (χ4v) is 3.23. The van der Waals surface area contributed by atoms with Crippen molar-refractivity contribution < 1.29 is 9.59 Å². The normalized spacial score (nSPS) is 11.7. The zero-order chi connectivity index (χ0) is 19.8. The minimum absolute atomic E-state index is 0.0600. The highest BCUT2D eigenvalue weighted by molar-refractivity contribution is 6.31. The Bertz CT molecular complexity index is 791. The molecule has 2 rings (SSSR count). The number of carbonyl (C=O) groups excluding carboxylic acids is 2. The van der Waals surface area contributed by atoms with Crippen LogP contribution in [0.2, 0.25) is 5.02 Å². The third-order valence-electron chi connectivity index (χ3n) is 4.52. The van der Waals surface area contributed by atoms with Crippen LogP contribution >= 0.6 is 11.6 Å². The van der Waals surface area contributed by atoms with E-state index in [1.165, 1.54) is 0 Å². The van der Waals surface area contributed by atoms with E-state index in [1.54, 1.807) is 11.8 Å². The van der Waals surface area contributed by atoms with Crippen molar-refractivity contribution >= 4 is 23.4 Å².